The normalized spacial score (nSPS) is 23.1. The Labute approximate surface area is 98.2 Å². The van der Waals surface area contributed by atoms with Crippen molar-refractivity contribution in [3.05, 3.63) is 20.8 Å². The molecule has 1 aliphatic rings. The Morgan fingerprint density at radius 1 is 1.64 bits per heavy atom. The van der Waals surface area contributed by atoms with Crippen LogP contribution in [0, 0.1) is 5.92 Å². The highest BCUT2D eigenvalue weighted by Gasteiger charge is 2.20. The maximum atomic E-state index is 3.50. The van der Waals surface area contributed by atoms with Crippen molar-refractivity contribution in [3.8, 4) is 0 Å². The fraction of sp³-hybridized carbons (Fsp3) is 0.636. The van der Waals surface area contributed by atoms with Gasteiger partial charge in [-0.25, -0.2) is 0 Å². The first-order valence-corrected chi connectivity index (χ1v) is 6.90. The predicted molar refractivity (Wildman–Crippen MR) is 65.7 cm³/mol. The van der Waals surface area contributed by atoms with Gasteiger partial charge in [-0.3, -0.25) is 4.90 Å². The third-order valence-electron chi connectivity index (χ3n) is 2.95. The minimum absolute atomic E-state index is 0.943. The number of thiophene rings is 1. The average molecular weight is 274 g/mol. The molecule has 1 fully saturated rings. The van der Waals surface area contributed by atoms with Crippen molar-refractivity contribution in [1.82, 2.24) is 4.90 Å². The number of halogens is 1. The Morgan fingerprint density at radius 2 is 2.50 bits per heavy atom. The lowest BCUT2D eigenvalue weighted by Crippen LogP contribution is -2.19. The van der Waals surface area contributed by atoms with Crippen molar-refractivity contribution in [2.75, 3.05) is 13.1 Å². The quantitative estimate of drug-likeness (QED) is 0.811. The second-order valence-corrected chi connectivity index (χ2v) is 5.94. The van der Waals surface area contributed by atoms with Crippen LogP contribution in [0.1, 0.15) is 24.6 Å². The van der Waals surface area contributed by atoms with Gasteiger partial charge in [-0.05, 0) is 40.9 Å². The molecule has 1 aliphatic heterocycles. The van der Waals surface area contributed by atoms with E-state index in [1.807, 2.05) is 11.3 Å². The van der Waals surface area contributed by atoms with Crippen LogP contribution in [0.3, 0.4) is 0 Å². The molecule has 1 aromatic rings. The minimum atomic E-state index is 0.943. The second-order valence-electron chi connectivity index (χ2n) is 4.03. The van der Waals surface area contributed by atoms with E-state index in [-0.39, 0.29) is 0 Å². The number of likely N-dealkylation sites (tertiary alicyclic amines) is 1. The fourth-order valence-corrected chi connectivity index (χ4v) is 3.54. The van der Waals surface area contributed by atoms with Crippen LogP contribution in [-0.4, -0.2) is 18.0 Å². The molecule has 78 valence electrons. The molecular weight excluding hydrogens is 258 g/mol. The van der Waals surface area contributed by atoms with E-state index in [4.69, 9.17) is 0 Å². The Hall–Kier alpha value is 0.140. The van der Waals surface area contributed by atoms with Gasteiger partial charge in [0.15, 0.2) is 0 Å². The first-order chi connectivity index (χ1) is 6.78. The maximum Gasteiger partial charge on any atom is 0.0328 e. The highest BCUT2D eigenvalue weighted by atomic mass is 79.9. The summed E-state index contributed by atoms with van der Waals surface area (Å²) in [6.45, 7) is 6.03. The Bertz CT molecular complexity index is 297. The Kier molecular flexibility index (Phi) is 3.63. The summed E-state index contributed by atoms with van der Waals surface area (Å²) in [6, 6.07) is 2.24. The standard InChI is InChI=1S/C11H16BrNS/c1-2-9-3-4-13(6-9)7-11-5-10(12)8-14-11/h5,8-9H,2-4,6-7H2,1H3. The summed E-state index contributed by atoms with van der Waals surface area (Å²) in [5.74, 6) is 0.943. The van der Waals surface area contributed by atoms with Crippen molar-refractivity contribution in [2.24, 2.45) is 5.92 Å². The van der Waals surface area contributed by atoms with E-state index in [1.54, 1.807) is 0 Å². The van der Waals surface area contributed by atoms with E-state index < -0.39 is 0 Å². The molecule has 0 aromatic carbocycles. The summed E-state index contributed by atoms with van der Waals surface area (Å²) in [6.07, 6.45) is 2.73. The first-order valence-electron chi connectivity index (χ1n) is 5.23. The van der Waals surface area contributed by atoms with Crippen LogP contribution >= 0.6 is 27.3 Å². The maximum absolute atomic E-state index is 3.50. The van der Waals surface area contributed by atoms with Gasteiger partial charge in [0, 0.05) is 27.8 Å². The molecule has 0 radical (unpaired) electrons. The van der Waals surface area contributed by atoms with Crippen molar-refractivity contribution < 1.29 is 0 Å². The molecular formula is C11H16BrNS. The molecule has 0 N–H and O–H groups in total. The van der Waals surface area contributed by atoms with Gasteiger partial charge in [0.25, 0.3) is 0 Å². The second kappa shape index (κ2) is 4.77. The fourth-order valence-electron chi connectivity index (χ4n) is 2.05. The van der Waals surface area contributed by atoms with Gasteiger partial charge in [0.1, 0.15) is 0 Å². The molecule has 1 atom stereocenters. The molecule has 0 aliphatic carbocycles. The summed E-state index contributed by atoms with van der Waals surface area (Å²) in [7, 11) is 0. The number of hydrogen-bond acceptors (Lipinski definition) is 2. The summed E-state index contributed by atoms with van der Waals surface area (Å²) in [4.78, 5) is 4.06. The molecule has 0 amide bonds. The lowest BCUT2D eigenvalue weighted by atomic mass is 10.1. The van der Waals surface area contributed by atoms with Crippen LogP contribution in [0.15, 0.2) is 15.9 Å². The van der Waals surface area contributed by atoms with E-state index in [1.165, 1.54) is 35.3 Å². The summed E-state index contributed by atoms with van der Waals surface area (Å²) < 4.78 is 1.23. The predicted octanol–water partition coefficient (Wildman–Crippen LogP) is 3.74. The SMILES string of the molecule is CCC1CCN(Cc2cc(Br)cs2)C1. The van der Waals surface area contributed by atoms with Gasteiger partial charge in [0.05, 0.1) is 0 Å². The van der Waals surface area contributed by atoms with E-state index >= 15 is 0 Å². The zero-order chi connectivity index (χ0) is 9.97. The van der Waals surface area contributed by atoms with Crippen LogP contribution in [0.2, 0.25) is 0 Å². The molecule has 0 bridgehead atoms. The highest BCUT2D eigenvalue weighted by Crippen LogP contribution is 2.25. The lowest BCUT2D eigenvalue weighted by molar-refractivity contribution is 0.318. The number of rotatable bonds is 3. The van der Waals surface area contributed by atoms with Gasteiger partial charge >= 0.3 is 0 Å². The zero-order valence-corrected chi connectivity index (χ0v) is 10.9. The average Bonchev–Trinajstić information content (AvgIpc) is 2.76. The van der Waals surface area contributed by atoms with Gasteiger partial charge in [-0.15, -0.1) is 11.3 Å². The molecule has 14 heavy (non-hydrogen) atoms. The van der Waals surface area contributed by atoms with Gasteiger partial charge in [0.2, 0.25) is 0 Å². The number of hydrogen-bond donors (Lipinski definition) is 0. The lowest BCUT2D eigenvalue weighted by Gasteiger charge is -2.13. The molecule has 0 spiro atoms. The first kappa shape index (κ1) is 10.7. The van der Waals surface area contributed by atoms with Crippen molar-refractivity contribution in [2.45, 2.75) is 26.3 Å². The molecule has 1 unspecified atom stereocenters. The van der Waals surface area contributed by atoms with Crippen molar-refractivity contribution >= 4 is 27.3 Å². The van der Waals surface area contributed by atoms with E-state index in [0.717, 1.165) is 12.5 Å². The zero-order valence-electron chi connectivity index (χ0n) is 8.50. The van der Waals surface area contributed by atoms with Crippen LogP contribution < -0.4 is 0 Å². The van der Waals surface area contributed by atoms with Crippen LogP contribution in [0.25, 0.3) is 0 Å². The van der Waals surface area contributed by atoms with E-state index in [0.29, 0.717) is 0 Å². The van der Waals surface area contributed by atoms with E-state index in [2.05, 4.69) is 39.2 Å². The summed E-state index contributed by atoms with van der Waals surface area (Å²) in [5, 5.41) is 2.17. The summed E-state index contributed by atoms with van der Waals surface area (Å²) >= 11 is 5.36. The summed E-state index contributed by atoms with van der Waals surface area (Å²) in [5.41, 5.74) is 0. The van der Waals surface area contributed by atoms with Crippen LogP contribution in [0.5, 0.6) is 0 Å². The van der Waals surface area contributed by atoms with Gasteiger partial charge in [-0.1, -0.05) is 13.3 Å². The third-order valence-corrected chi connectivity index (χ3v) is 4.63. The van der Waals surface area contributed by atoms with Crippen LogP contribution in [-0.2, 0) is 6.54 Å². The van der Waals surface area contributed by atoms with Crippen molar-refractivity contribution in [1.29, 1.82) is 0 Å². The Balaban J connectivity index is 1.87. The van der Waals surface area contributed by atoms with E-state index in [9.17, 15) is 0 Å². The molecule has 2 rings (SSSR count). The largest absolute Gasteiger partial charge is 0.298 e. The molecule has 1 saturated heterocycles. The smallest absolute Gasteiger partial charge is 0.0328 e. The van der Waals surface area contributed by atoms with Crippen LogP contribution in [0.4, 0.5) is 0 Å². The Morgan fingerprint density at radius 3 is 3.07 bits per heavy atom. The molecule has 1 aromatic heterocycles. The molecule has 3 heteroatoms. The highest BCUT2D eigenvalue weighted by molar-refractivity contribution is 9.10. The van der Waals surface area contributed by atoms with Gasteiger partial charge in [-0.2, -0.15) is 0 Å². The monoisotopic (exact) mass is 273 g/mol. The molecule has 1 nitrogen and oxygen atoms in total. The molecule has 2 heterocycles. The van der Waals surface area contributed by atoms with Gasteiger partial charge < -0.3 is 0 Å². The number of nitrogens with zero attached hydrogens (tertiary/aromatic N) is 1. The van der Waals surface area contributed by atoms with Crippen molar-refractivity contribution in [3.63, 3.8) is 0 Å². The topological polar surface area (TPSA) is 3.24 Å². The minimum Gasteiger partial charge on any atom is -0.298 e. The molecule has 0 saturated carbocycles. The third kappa shape index (κ3) is 2.59.